The number of imidazole rings is 1. The smallest absolute Gasteiger partial charge is 0.306 e. The van der Waals surface area contributed by atoms with Gasteiger partial charge in [-0.05, 0) is 30.0 Å². The van der Waals surface area contributed by atoms with Crippen molar-refractivity contribution in [1.29, 1.82) is 0 Å². The summed E-state index contributed by atoms with van der Waals surface area (Å²) in [6.45, 7) is 0. The number of aliphatic carboxylic acids is 1. The Labute approximate surface area is 104 Å². The van der Waals surface area contributed by atoms with E-state index in [0.717, 1.165) is 16.6 Å². The van der Waals surface area contributed by atoms with Crippen molar-refractivity contribution < 1.29 is 9.90 Å². The van der Waals surface area contributed by atoms with Crippen molar-refractivity contribution in [2.45, 2.75) is 12.5 Å². The fourth-order valence-electron chi connectivity index (χ4n) is 2.50. The van der Waals surface area contributed by atoms with E-state index in [0.29, 0.717) is 6.42 Å². The van der Waals surface area contributed by atoms with Gasteiger partial charge < -0.3 is 15.4 Å². The zero-order valence-electron chi connectivity index (χ0n) is 10.1. The third kappa shape index (κ3) is 1.67. The van der Waals surface area contributed by atoms with Crippen molar-refractivity contribution >= 4 is 17.0 Å². The highest BCUT2D eigenvalue weighted by atomic mass is 16.4. The minimum atomic E-state index is -0.741. The number of nitrogens with zero attached hydrogens (tertiary/aromatic N) is 2. The molecule has 3 atom stereocenters. The van der Waals surface area contributed by atoms with Crippen molar-refractivity contribution in [3.63, 3.8) is 0 Å². The van der Waals surface area contributed by atoms with E-state index in [4.69, 9.17) is 10.8 Å². The predicted octanol–water partition coefficient (Wildman–Crippen LogP) is 1.29. The molecular formula is C13H15N3O2. The van der Waals surface area contributed by atoms with Crippen molar-refractivity contribution in [3.05, 3.63) is 30.1 Å². The monoisotopic (exact) mass is 245 g/mol. The number of benzene rings is 1. The number of hydrogen-bond acceptors (Lipinski definition) is 3. The number of aromatic nitrogens is 2. The Hall–Kier alpha value is -1.88. The van der Waals surface area contributed by atoms with Gasteiger partial charge in [-0.3, -0.25) is 4.79 Å². The normalized spacial score (nSPS) is 24.1. The van der Waals surface area contributed by atoms with Crippen LogP contribution in [0.1, 0.15) is 18.0 Å². The topological polar surface area (TPSA) is 81.1 Å². The maximum absolute atomic E-state index is 10.9. The molecule has 0 amide bonds. The van der Waals surface area contributed by atoms with Gasteiger partial charge in [0.05, 0.1) is 23.3 Å². The van der Waals surface area contributed by atoms with E-state index in [1.165, 1.54) is 0 Å². The van der Waals surface area contributed by atoms with Crippen LogP contribution in [0, 0.1) is 11.8 Å². The average molecular weight is 245 g/mol. The maximum Gasteiger partial charge on any atom is 0.306 e. The number of carboxylic acid groups (broad SMARTS) is 1. The molecule has 1 aromatic carbocycles. The molecule has 1 saturated carbocycles. The third-order valence-corrected chi connectivity index (χ3v) is 3.75. The molecule has 1 fully saturated rings. The SMILES string of the molecule is Cn1cnc2cc(C(N)C3CC3C(=O)O)ccc21. The Kier molecular flexibility index (Phi) is 2.38. The standard InChI is InChI=1S/C13H15N3O2/c1-16-6-15-10-4-7(2-3-11(10)16)12(14)8-5-9(8)13(17)18/h2-4,6,8-9,12H,5,14H2,1H3,(H,17,18). The lowest BCUT2D eigenvalue weighted by molar-refractivity contribution is -0.138. The molecule has 3 rings (SSSR count). The molecule has 5 heteroatoms. The van der Waals surface area contributed by atoms with Crippen LogP contribution in [-0.4, -0.2) is 20.6 Å². The summed E-state index contributed by atoms with van der Waals surface area (Å²) < 4.78 is 1.95. The van der Waals surface area contributed by atoms with Crippen LogP contribution < -0.4 is 5.73 Å². The molecule has 1 heterocycles. The lowest BCUT2D eigenvalue weighted by atomic mass is 10.0. The summed E-state index contributed by atoms with van der Waals surface area (Å²) in [6, 6.07) is 5.69. The first kappa shape index (κ1) is 11.2. The molecule has 0 aliphatic heterocycles. The number of carbonyl (C=O) groups is 1. The van der Waals surface area contributed by atoms with Crippen LogP contribution in [0.2, 0.25) is 0 Å². The summed E-state index contributed by atoms with van der Waals surface area (Å²) >= 11 is 0. The molecule has 0 bridgehead atoms. The number of rotatable bonds is 3. The van der Waals surface area contributed by atoms with Crippen LogP contribution in [-0.2, 0) is 11.8 Å². The molecule has 18 heavy (non-hydrogen) atoms. The van der Waals surface area contributed by atoms with E-state index in [9.17, 15) is 4.79 Å². The predicted molar refractivity (Wildman–Crippen MR) is 66.9 cm³/mol. The first-order valence-electron chi connectivity index (χ1n) is 5.97. The van der Waals surface area contributed by atoms with Crippen molar-refractivity contribution in [3.8, 4) is 0 Å². The maximum atomic E-state index is 10.9. The molecular weight excluding hydrogens is 230 g/mol. The number of aryl methyl sites for hydroxylation is 1. The fraction of sp³-hybridized carbons (Fsp3) is 0.385. The van der Waals surface area contributed by atoms with Crippen LogP contribution in [0.15, 0.2) is 24.5 Å². The second kappa shape index (κ2) is 3.81. The first-order chi connectivity index (χ1) is 8.58. The summed E-state index contributed by atoms with van der Waals surface area (Å²) in [5.41, 5.74) is 9.05. The Morgan fingerprint density at radius 2 is 2.39 bits per heavy atom. The van der Waals surface area contributed by atoms with Gasteiger partial charge in [0.15, 0.2) is 0 Å². The van der Waals surface area contributed by atoms with Crippen LogP contribution in [0.5, 0.6) is 0 Å². The van der Waals surface area contributed by atoms with Crippen LogP contribution in [0.3, 0.4) is 0 Å². The van der Waals surface area contributed by atoms with Gasteiger partial charge in [-0.1, -0.05) is 6.07 Å². The minimum absolute atomic E-state index is 0.0589. The third-order valence-electron chi connectivity index (χ3n) is 3.75. The van der Waals surface area contributed by atoms with Crippen LogP contribution in [0.25, 0.3) is 11.0 Å². The van der Waals surface area contributed by atoms with E-state index in [1.807, 2.05) is 29.8 Å². The molecule has 94 valence electrons. The van der Waals surface area contributed by atoms with E-state index in [2.05, 4.69) is 4.98 Å². The summed E-state index contributed by atoms with van der Waals surface area (Å²) in [5, 5.41) is 8.92. The molecule has 2 aromatic rings. The Morgan fingerprint density at radius 1 is 1.61 bits per heavy atom. The van der Waals surface area contributed by atoms with Crippen LogP contribution >= 0.6 is 0 Å². The first-order valence-corrected chi connectivity index (χ1v) is 5.97. The van der Waals surface area contributed by atoms with Crippen molar-refractivity contribution in [2.24, 2.45) is 24.6 Å². The number of hydrogen-bond donors (Lipinski definition) is 2. The van der Waals surface area contributed by atoms with Gasteiger partial charge in [-0.15, -0.1) is 0 Å². The zero-order chi connectivity index (χ0) is 12.9. The van der Waals surface area contributed by atoms with Crippen molar-refractivity contribution in [2.75, 3.05) is 0 Å². The molecule has 1 aliphatic rings. The lowest BCUT2D eigenvalue weighted by Crippen LogP contribution is -2.15. The highest BCUT2D eigenvalue weighted by molar-refractivity contribution is 5.76. The van der Waals surface area contributed by atoms with Gasteiger partial charge in [0.1, 0.15) is 0 Å². The van der Waals surface area contributed by atoms with E-state index in [-0.39, 0.29) is 17.9 Å². The summed E-state index contributed by atoms with van der Waals surface area (Å²) in [6.07, 6.45) is 2.44. The number of fused-ring (bicyclic) bond motifs is 1. The Morgan fingerprint density at radius 3 is 3.06 bits per heavy atom. The second-order valence-electron chi connectivity index (χ2n) is 4.97. The molecule has 3 unspecified atom stereocenters. The van der Waals surface area contributed by atoms with Gasteiger partial charge in [0, 0.05) is 13.1 Å². The zero-order valence-corrected chi connectivity index (χ0v) is 10.1. The van der Waals surface area contributed by atoms with E-state index in [1.54, 1.807) is 6.33 Å². The largest absolute Gasteiger partial charge is 0.481 e. The van der Waals surface area contributed by atoms with Gasteiger partial charge in [0.25, 0.3) is 0 Å². The summed E-state index contributed by atoms with van der Waals surface area (Å²) in [5.74, 6) is -0.961. The molecule has 0 radical (unpaired) electrons. The fourth-order valence-corrected chi connectivity index (χ4v) is 2.50. The van der Waals surface area contributed by atoms with E-state index >= 15 is 0 Å². The van der Waals surface area contributed by atoms with Crippen molar-refractivity contribution in [1.82, 2.24) is 9.55 Å². The summed E-state index contributed by atoms with van der Waals surface area (Å²) in [4.78, 5) is 15.1. The minimum Gasteiger partial charge on any atom is -0.481 e. The molecule has 1 aliphatic carbocycles. The average Bonchev–Trinajstić information content (AvgIpc) is 3.08. The number of nitrogens with two attached hydrogens (primary N) is 1. The highest BCUT2D eigenvalue weighted by Crippen LogP contribution is 2.46. The second-order valence-corrected chi connectivity index (χ2v) is 4.97. The molecule has 1 aromatic heterocycles. The van der Waals surface area contributed by atoms with Gasteiger partial charge in [-0.2, -0.15) is 0 Å². The van der Waals surface area contributed by atoms with Gasteiger partial charge >= 0.3 is 5.97 Å². The molecule has 5 nitrogen and oxygen atoms in total. The van der Waals surface area contributed by atoms with Crippen LogP contribution in [0.4, 0.5) is 0 Å². The summed E-state index contributed by atoms with van der Waals surface area (Å²) in [7, 11) is 1.94. The lowest BCUT2D eigenvalue weighted by Gasteiger charge is -2.11. The van der Waals surface area contributed by atoms with E-state index < -0.39 is 5.97 Å². The van der Waals surface area contributed by atoms with Gasteiger partial charge in [0.2, 0.25) is 0 Å². The molecule has 0 spiro atoms. The Bertz CT molecular complexity index is 620. The Balaban J connectivity index is 1.88. The van der Waals surface area contributed by atoms with Gasteiger partial charge in [-0.25, -0.2) is 4.98 Å². The molecule has 0 saturated heterocycles. The number of carboxylic acids is 1. The quantitative estimate of drug-likeness (QED) is 0.853. The molecule has 3 N–H and O–H groups in total. The highest BCUT2D eigenvalue weighted by Gasteiger charge is 2.47.